The summed E-state index contributed by atoms with van der Waals surface area (Å²) in [6.45, 7) is -1.05. The zero-order chi connectivity index (χ0) is 18.2. The fraction of sp³-hybridized carbons (Fsp3) is 0.500. The van der Waals surface area contributed by atoms with Gasteiger partial charge in [-0.3, -0.25) is 4.99 Å². The van der Waals surface area contributed by atoms with Gasteiger partial charge in [0.25, 0.3) is 0 Å². The first-order valence-electron chi connectivity index (χ1n) is 7.15. The second kappa shape index (κ2) is 9.63. The van der Waals surface area contributed by atoms with Crippen LogP contribution in [0.4, 0.5) is 8.78 Å². The Morgan fingerprint density at radius 1 is 1.38 bits per heavy atom. The van der Waals surface area contributed by atoms with Crippen LogP contribution in [0.3, 0.4) is 0 Å². The van der Waals surface area contributed by atoms with Crippen LogP contribution in [0, 0.1) is 0 Å². The largest absolute Gasteiger partial charge is 0.434 e. The Balaban J connectivity index is 2.64. The van der Waals surface area contributed by atoms with E-state index in [1.165, 1.54) is 25.2 Å². The van der Waals surface area contributed by atoms with Crippen molar-refractivity contribution in [1.82, 2.24) is 10.6 Å². The van der Waals surface area contributed by atoms with Gasteiger partial charge in [-0.25, -0.2) is 8.42 Å². The number of hydrogen-bond donors (Lipinski definition) is 2. The Morgan fingerprint density at radius 2 is 2.08 bits per heavy atom. The molecule has 0 aliphatic carbocycles. The van der Waals surface area contributed by atoms with Gasteiger partial charge in [0.15, 0.2) is 15.8 Å². The maximum atomic E-state index is 12.4. The van der Waals surface area contributed by atoms with Crippen molar-refractivity contribution in [2.75, 3.05) is 25.1 Å². The van der Waals surface area contributed by atoms with Crippen molar-refractivity contribution in [2.24, 2.45) is 4.99 Å². The number of benzene rings is 1. The van der Waals surface area contributed by atoms with Gasteiger partial charge in [0, 0.05) is 36.5 Å². The first-order chi connectivity index (χ1) is 11.3. The molecule has 0 aliphatic rings. The highest BCUT2D eigenvalue weighted by Gasteiger charge is 2.11. The maximum absolute atomic E-state index is 12.4. The zero-order valence-electron chi connectivity index (χ0n) is 13.4. The third-order valence-corrected chi connectivity index (χ3v) is 4.99. The Kier molecular flexibility index (Phi) is 8.20. The minimum absolute atomic E-state index is 0.00548. The van der Waals surface area contributed by atoms with Crippen LogP contribution in [0.2, 0.25) is 5.02 Å². The van der Waals surface area contributed by atoms with E-state index in [1.54, 1.807) is 6.92 Å². The molecule has 0 heterocycles. The standard InChI is InChI=1S/C14H20ClF2N3O3S/c1-3-24(21,22)7-6-19-14(18-2)20-9-10-8-11(15)4-5-12(10)23-13(16)17/h4-5,8,13H,3,6-7,9H2,1-2H3,(H2,18,19,20). The molecule has 0 unspecified atom stereocenters. The molecule has 0 bridgehead atoms. The highest BCUT2D eigenvalue weighted by molar-refractivity contribution is 7.91. The molecule has 0 saturated heterocycles. The number of aliphatic imine (C=N–C) groups is 1. The number of sulfone groups is 1. The first-order valence-corrected chi connectivity index (χ1v) is 9.35. The van der Waals surface area contributed by atoms with Crippen LogP contribution in [0.5, 0.6) is 5.75 Å². The highest BCUT2D eigenvalue weighted by Crippen LogP contribution is 2.24. The molecule has 0 radical (unpaired) electrons. The van der Waals surface area contributed by atoms with Gasteiger partial charge in [-0.05, 0) is 18.2 Å². The number of rotatable bonds is 8. The molecule has 10 heteroatoms. The van der Waals surface area contributed by atoms with Crippen LogP contribution in [-0.4, -0.2) is 46.1 Å². The van der Waals surface area contributed by atoms with Crippen molar-refractivity contribution in [1.29, 1.82) is 0 Å². The SMILES string of the molecule is CCS(=O)(=O)CCNC(=NC)NCc1cc(Cl)ccc1OC(F)F. The molecule has 0 spiro atoms. The third-order valence-electron chi connectivity index (χ3n) is 3.05. The van der Waals surface area contributed by atoms with Crippen LogP contribution < -0.4 is 15.4 Å². The lowest BCUT2D eigenvalue weighted by molar-refractivity contribution is -0.0504. The first kappa shape index (κ1) is 20.4. The van der Waals surface area contributed by atoms with Gasteiger partial charge < -0.3 is 15.4 Å². The second-order valence-corrected chi connectivity index (χ2v) is 7.63. The van der Waals surface area contributed by atoms with Gasteiger partial charge in [-0.15, -0.1) is 0 Å². The van der Waals surface area contributed by atoms with Crippen molar-refractivity contribution in [3.05, 3.63) is 28.8 Å². The van der Waals surface area contributed by atoms with E-state index in [0.717, 1.165) is 0 Å². The molecule has 2 N–H and O–H groups in total. The number of alkyl halides is 2. The quantitative estimate of drug-likeness (QED) is 0.530. The van der Waals surface area contributed by atoms with Gasteiger partial charge in [-0.1, -0.05) is 18.5 Å². The molecule has 0 atom stereocenters. The molecule has 0 aromatic heterocycles. The van der Waals surface area contributed by atoms with Crippen molar-refractivity contribution in [3.63, 3.8) is 0 Å². The molecule has 0 amide bonds. The Bertz CT molecular complexity index is 669. The van der Waals surface area contributed by atoms with Crippen LogP contribution in [0.1, 0.15) is 12.5 Å². The summed E-state index contributed by atoms with van der Waals surface area (Å²) in [6, 6.07) is 4.31. The smallest absolute Gasteiger partial charge is 0.387 e. The van der Waals surface area contributed by atoms with Crippen molar-refractivity contribution < 1.29 is 21.9 Å². The van der Waals surface area contributed by atoms with Crippen LogP contribution >= 0.6 is 11.6 Å². The van der Waals surface area contributed by atoms with E-state index in [0.29, 0.717) is 16.5 Å². The van der Waals surface area contributed by atoms with Crippen LogP contribution in [-0.2, 0) is 16.4 Å². The summed E-state index contributed by atoms with van der Waals surface area (Å²) >= 11 is 5.87. The van der Waals surface area contributed by atoms with E-state index >= 15 is 0 Å². The fourth-order valence-electron chi connectivity index (χ4n) is 1.77. The van der Waals surface area contributed by atoms with Gasteiger partial charge in [0.1, 0.15) is 5.75 Å². The van der Waals surface area contributed by atoms with E-state index < -0.39 is 16.4 Å². The van der Waals surface area contributed by atoms with E-state index in [2.05, 4.69) is 20.4 Å². The predicted molar refractivity (Wildman–Crippen MR) is 90.6 cm³/mol. The topological polar surface area (TPSA) is 79.8 Å². The molecule has 136 valence electrons. The third kappa shape index (κ3) is 7.31. The fourth-order valence-corrected chi connectivity index (χ4v) is 2.66. The molecule has 0 saturated carbocycles. The van der Waals surface area contributed by atoms with Crippen LogP contribution in [0.25, 0.3) is 0 Å². The lowest BCUT2D eigenvalue weighted by atomic mass is 10.2. The molecular weight excluding hydrogens is 364 g/mol. The number of nitrogens with zero attached hydrogens (tertiary/aromatic N) is 1. The second-order valence-electron chi connectivity index (χ2n) is 4.72. The Morgan fingerprint density at radius 3 is 2.67 bits per heavy atom. The van der Waals surface area contributed by atoms with Crippen molar-refractivity contribution >= 4 is 27.4 Å². The minimum atomic E-state index is -3.08. The Hall–Kier alpha value is -1.61. The summed E-state index contributed by atoms with van der Waals surface area (Å²) < 4.78 is 52.1. The van der Waals surface area contributed by atoms with E-state index in [-0.39, 0.29) is 30.3 Å². The van der Waals surface area contributed by atoms with E-state index in [4.69, 9.17) is 11.6 Å². The van der Waals surface area contributed by atoms with E-state index in [1.807, 2.05) is 0 Å². The minimum Gasteiger partial charge on any atom is -0.434 e. The summed E-state index contributed by atoms with van der Waals surface area (Å²) in [4.78, 5) is 3.94. The Labute approximate surface area is 145 Å². The molecule has 1 aromatic rings. The molecule has 6 nitrogen and oxygen atoms in total. The number of halogens is 3. The predicted octanol–water partition coefficient (Wildman–Crippen LogP) is 2.04. The summed E-state index contributed by atoms with van der Waals surface area (Å²) in [5.41, 5.74) is 0.423. The summed E-state index contributed by atoms with van der Waals surface area (Å²) in [6.07, 6.45) is 0. The van der Waals surface area contributed by atoms with Gasteiger partial charge in [0.2, 0.25) is 0 Å². The number of guanidine groups is 1. The summed E-state index contributed by atoms with van der Waals surface area (Å²) in [7, 11) is -1.57. The molecule has 24 heavy (non-hydrogen) atoms. The average molecular weight is 384 g/mol. The maximum Gasteiger partial charge on any atom is 0.387 e. The van der Waals surface area contributed by atoms with Gasteiger partial charge >= 0.3 is 6.61 Å². The van der Waals surface area contributed by atoms with Crippen LogP contribution in [0.15, 0.2) is 23.2 Å². The highest BCUT2D eigenvalue weighted by atomic mass is 35.5. The summed E-state index contributed by atoms with van der Waals surface area (Å²) in [5.74, 6) is 0.383. The molecule has 0 aliphatic heterocycles. The van der Waals surface area contributed by atoms with Crippen molar-refractivity contribution in [3.8, 4) is 5.75 Å². The lowest BCUT2D eigenvalue weighted by Gasteiger charge is -2.15. The number of ether oxygens (including phenoxy) is 1. The lowest BCUT2D eigenvalue weighted by Crippen LogP contribution is -2.39. The average Bonchev–Trinajstić information content (AvgIpc) is 2.52. The monoisotopic (exact) mass is 383 g/mol. The van der Waals surface area contributed by atoms with Gasteiger partial charge in [0.05, 0.1) is 5.75 Å². The molecule has 1 rings (SSSR count). The molecule has 1 aromatic carbocycles. The summed E-state index contributed by atoms with van der Waals surface area (Å²) in [5, 5.41) is 6.11. The number of nitrogens with one attached hydrogen (secondary N) is 2. The van der Waals surface area contributed by atoms with Gasteiger partial charge in [-0.2, -0.15) is 8.78 Å². The van der Waals surface area contributed by atoms with E-state index in [9.17, 15) is 17.2 Å². The number of hydrogen-bond acceptors (Lipinski definition) is 4. The molecular formula is C14H20ClF2N3O3S. The molecule has 0 fully saturated rings. The van der Waals surface area contributed by atoms with Crippen molar-refractivity contribution in [2.45, 2.75) is 20.1 Å². The zero-order valence-corrected chi connectivity index (χ0v) is 14.9. The normalized spacial score (nSPS) is 12.3.